The number of halogens is 2. The molecule has 0 fully saturated rings. The molecule has 1 aromatic carbocycles. The number of hydrogen-bond donors (Lipinski definition) is 2. The fourth-order valence-corrected chi connectivity index (χ4v) is 1.21. The van der Waals surface area contributed by atoms with Gasteiger partial charge in [0.2, 0.25) is 0 Å². The van der Waals surface area contributed by atoms with Crippen LogP contribution in [-0.2, 0) is 0 Å². The van der Waals surface area contributed by atoms with E-state index >= 15 is 0 Å². The van der Waals surface area contributed by atoms with Gasteiger partial charge in [0.05, 0.1) is 17.5 Å². The summed E-state index contributed by atoms with van der Waals surface area (Å²) in [6.07, 6.45) is 0.00856. The van der Waals surface area contributed by atoms with Gasteiger partial charge in [-0.3, -0.25) is 0 Å². The standard InChI is InChI=1S/C9H8ClFN2O/c10-6-4-9(14)5(3-7(6)11)8(13)1-2-12/h3-4,8,14H,1,13H2/t8-/m1/s1. The van der Waals surface area contributed by atoms with Crippen molar-refractivity contribution in [2.45, 2.75) is 12.5 Å². The van der Waals surface area contributed by atoms with Crippen LogP contribution in [0.25, 0.3) is 0 Å². The lowest BCUT2D eigenvalue weighted by Gasteiger charge is -2.10. The molecule has 0 aliphatic heterocycles. The summed E-state index contributed by atoms with van der Waals surface area (Å²) in [5.74, 6) is -0.855. The highest BCUT2D eigenvalue weighted by molar-refractivity contribution is 6.30. The molecule has 0 aliphatic rings. The van der Waals surface area contributed by atoms with Crippen molar-refractivity contribution in [1.82, 2.24) is 0 Å². The Balaban J connectivity index is 3.10. The molecule has 0 aliphatic carbocycles. The monoisotopic (exact) mass is 214 g/mol. The molecule has 5 heteroatoms. The second kappa shape index (κ2) is 4.27. The highest BCUT2D eigenvalue weighted by atomic mass is 35.5. The normalized spacial score (nSPS) is 12.1. The Hall–Kier alpha value is -1.31. The van der Waals surface area contributed by atoms with Crippen molar-refractivity contribution in [2.75, 3.05) is 0 Å². The van der Waals surface area contributed by atoms with Gasteiger partial charge in [-0.25, -0.2) is 4.39 Å². The molecule has 1 rings (SSSR count). The van der Waals surface area contributed by atoms with Crippen molar-refractivity contribution in [3.05, 3.63) is 28.5 Å². The van der Waals surface area contributed by atoms with E-state index in [2.05, 4.69) is 0 Å². The summed E-state index contributed by atoms with van der Waals surface area (Å²) in [7, 11) is 0. The maximum atomic E-state index is 13.0. The molecule has 1 aromatic rings. The van der Waals surface area contributed by atoms with Crippen molar-refractivity contribution in [3.8, 4) is 11.8 Å². The third kappa shape index (κ3) is 2.13. The Morgan fingerprint density at radius 3 is 2.86 bits per heavy atom. The molecule has 0 heterocycles. The number of phenols is 1. The van der Waals surface area contributed by atoms with Crippen LogP contribution in [0.4, 0.5) is 4.39 Å². The molecular weight excluding hydrogens is 207 g/mol. The number of phenolic OH excluding ortho intramolecular Hbond substituents is 1. The topological polar surface area (TPSA) is 70.0 Å². The van der Waals surface area contributed by atoms with Gasteiger partial charge in [-0.1, -0.05) is 11.6 Å². The average molecular weight is 215 g/mol. The number of nitrogens with zero attached hydrogens (tertiary/aromatic N) is 1. The van der Waals surface area contributed by atoms with E-state index in [1.807, 2.05) is 6.07 Å². The number of benzene rings is 1. The van der Waals surface area contributed by atoms with E-state index in [-0.39, 0.29) is 22.8 Å². The first-order valence-electron chi connectivity index (χ1n) is 3.86. The van der Waals surface area contributed by atoms with Crippen LogP contribution >= 0.6 is 11.6 Å². The smallest absolute Gasteiger partial charge is 0.142 e. The van der Waals surface area contributed by atoms with Gasteiger partial charge in [0.1, 0.15) is 11.6 Å². The van der Waals surface area contributed by atoms with Crippen molar-refractivity contribution >= 4 is 11.6 Å². The molecule has 0 amide bonds. The van der Waals surface area contributed by atoms with Crippen LogP contribution in [0.5, 0.6) is 5.75 Å². The Morgan fingerprint density at radius 1 is 1.64 bits per heavy atom. The molecule has 0 aromatic heterocycles. The molecule has 3 N–H and O–H groups in total. The minimum Gasteiger partial charge on any atom is -0.508 e. The fourth-order valence-electron chi connectivity index (χ4n) is 1.06. The maximum absolute atomic E-state index is 13.0. The molecule has 0 radical (unpaired) electrons. The molecule has 0 saturated carbocycles. The van der Waals surface area contributed by atoms with Gasteiger partial charge in [0, 0.05) is 17.7 Å². The predicted molar refractivity (Wildman–Crippen MR) is 50.2 cm³/mol. The summed E-state index contributed by atoms with van der Waals surface area (Å²) in [6.45, 7) is 0. The minimum absolute atomic E-state index is 0.00856. The first-order chi connectivity index (χ1) is 6.56. The van der Waals surface area contributed by atoms with Crippen molar-refractivity contribution < 1.29 is 9.50 Å². The van der Waals surface area contributed by atoms with Gasteiger partial charge in [-0.2, -0.15) is 5.26 Å². The molecule has 14 heavy (non-hydrogen) atoms. The lowest BCUT2D eigenvalue weighted by atomic mass is 10.0. The largest absolute Gasteiger partial charge is 0.508 e. The third-order valence-electron chi connectivity index (χ3n) is 1.78. The summed E-state index contributed by atoms with van der Waals surface area (Å²) in [4.78, 5) is 0. The van der Waals surface area contributed by atoms with Gasteiger partial charge in [-0.15, -0.1) is 0 Å². The minimum atomic E-state index is -0.702. The number of rotatable bonds is 2. The van der Waals surface area contributed by atoms with Gasteiger partial charge >= 0.3 is 0 Å². The van der Waals surface area contributed by atoms with Crippen molar-refractivity contribution in [1.29, 1.82) is 5.26 Å². The Kier molecular flexibility index (Phi) is 3.28. The van der Waals surface area contributed by atoms with Gasteiger partial charge in [0.15, 0.2) is 0 Å². The summed E-state index contributed by atoms with van der Waals surface area (Å²) in [6, 6.07) is 3.25. The Labute approximate surface area is 85.5 Å². The highest BCUT2D eigenvalue weighted by Crippen LogP contribution is 2.29. The third-order valence-corrected chi connectivity index (χ3v) is 2.07. The number of aromatic hydroxyl groups is 1. The van der Waals surface area contributed by atoms with Crippen LogP contribution in [-0.4, -0.2) is 5.11 Å². The molecule has 1 atom stereocenters. The first-order valence-corrected chi connectivity index (χ1v) is 4.24. The molecular formula is C9H8ClFN2O. The second-order valence-electron chi connectivity index (χ2n) is 2.79. The zero-order valence-electron chi connectivity index (χ0n) is 7.17. The maximum Gasteiger partial charge on any atom is 0.142 e. The van der Waals surface area contributed by atoms with E-state index < -0.39 is 11.9 Å². The number of nitrogens with two attached hydrogens (primary N) is 1. The summed E-state index contributed by atoms with van der Waals surface area (Å²) in [5.41, 5.74) is 5.72. The van der Waals surface area contributed by atoms with Crippen molar-refractivity contribution in [2.24, 2.45) is 5.73 Å². The quantitative estimate of drug-likeness (QED) is 0.792. The molecule has 0 spiro atoms. The second-order valence-corrected chi connectivity index (χ2v) is 3.20. The van der Waals surface area contributed by atoms with Gasteiger partial charge in [0.25, 0.3) is 0 Å². The lowest BCUT2D eigenvalue weighted by Crippen LogP contribution is -2.09. The Bertz CT molecular complexity index is 389. The van der Waals surface area contributed by atoms with Gasteiger partial charge in [-0.05, 0) is 6.07 Å². The average Bonchev–Trinajstić information content (AvgIpc) is 2.11. The van der Waals surface area contributed by atoms with Crippen LogP contribution in [0.15, 0.2) is 12.1 Å². The van der Waals surface area contributed by atoms with Crippen LogP contribution < -0.4 is 5.73 Å². The van der Waals surface area contributed by atoms with E-state index in [1.165, 1.54) is 0 Å². The number of nitriles is 1. The van der Waals surface area contributed by atoms with E-state index in [4.69, 9.17) is 22.6 Å². The Morgan fingerprint density at radius 2 is 2.29 bits per heavy atom. The SMILES string of the molecule is N#CC[C@@H](N)c1cc(F)c(Cl)cc1O. The van der Waals surface area contributed by atoms with Crippen LogP contribution in [0.2, 0.25) is 5.02 Å². The molecule has 0 bridgehead atoms. The van der Waals surface area contributed by atoms with E-state index in [1.54, 1.807) is 0 Å². The molecule has 0 unspecified atom stereocenters. The van der Waals surface area contributed by atoms with E-state index in [0.717, 1.165) is 12.1 Å². The predicted octanol–water partition coefficient (Wildman–Crippen LogP) is 2.10. The summed E-state index contributed by atoms with van der Waals surface area (Å²) < 4.78 is 13.0. The molecule has 0 saturated heterocycles. The van der Waals surface area contributed by atoms with Crippen LogP contribution in [0, 0.1) is 17.1 Å². The zero-order valence-corrected chi connectivity index (χ0v) is 7.92. The van der Waals surface area contributed by atoms with Crippen molar-refractivity contribution in [3.63, 3.8) is 0 Å². The van der Waals surface area contributed by atoms with Crippen LogP contribution in [0.3, 0.4) is 0 Å². The fraction of sp³-hybridized carbons (Fsp3) is 0.222. The van der Waals surface area contributed by atoms with Gasteiger partial charge < -0.3 is 10.8 Å². The van der Waals surface area contributed by atoms with E-state index in [0.29, 0.717) is 0 Å². The zero-order chi connectivity index (χ0) is 10.7. The lowest BCUT2D eigenvalue weighted by molar-refractivity contribution is 0.459. The molecule has 3 nitrogen and oxygen atoms in total. The number of hydrogen-bond acceptors (Lipinski definition) is 3. The van der Waals surface area contributed by atoms with Crippen LogP contribution in [0.1, 0.15) is 18.0 Å². The summed E-state index contributed by atoms with van der Waals surface area (Å²) in [5, 5.41) is 17.6. The highest BCUT2D eigenvalue weighted by Gasteiger charge is 2.13. The molecule has 74 valence electrons. The van der Waals surface area contributed by atoms with E-state index in [9.17, 15) is 9.50 Å². The first kappa shape index (κ1) is 10.8. The summed E-state index contributed by atoms with van der Waals surface area (Å²) >= 11 is 5.43.